The van der Waals surface area contributed by atoms with Crippen LogP contribution in [0.4, 0.5) is 0 Å². The van der Waals surface area contributed by atoms with Gasteiger partial charge in [-0.1, -0.05) is 42.5 Å². The molecule has 2 aromatic carbocycles. The van der Waals surface area contributed by atoms with Gasteiger partial charge < -0.3 is 36.3 Å². The standard InChI is InChI=1S/C10H7NO3.C10H11NO2.C6H9N3O2/c12-9-7-4-2-1-3-6(7)5-8(11-9)10(13)14;12-10(13)9-5-7-3-1-2-4-8(7)6-11-9;7-5(6(10)11)1-4-2-8-3-9-4/h1-5H,(H,11,12)(H,13,14);1-4,9,11H,5-6H2,(H,12,13);2-3,5H,1,7H2,(H,8,9)(H,10,11). The Bertz CT molecular complexity index is 1470. The van der Waals surface area contributed by atoms with E-state index in [1.54, 1.807) is 30.5 Å². The summed E-state index contributed by atoms with van der Waals surface area (Å²) in [6.07, 6.45) is 3.92. The summed E-state index contributed by atoms with van der Waals surface area (Å²) in [5, 5.41) is 30.0. The van der Waals surface area contributed by atoms with E-state index in [1.165, 1.54) is 18.0 Å². The number of nitrogens with two attached hydrogens (primary N) is 1. The summed E-state index contributed by atoms with van der Waals surface area (Å²) < 4.78 is 0. The van der Waals surface area contributed by atoms with Crippen molar-refractivity contribution in [2.75, 3.05) is 0 Å². The lowest BCUT2D eigenvalue weighted by Gasteiger charge is -2.22. The van der Waals surface area contributed by atoms with Crippen LogP contribution in [0.3, 0.4) is 0 Å². The number of carbonyl (C=O) groups is 3. The molecule has 0 radical (unpaired) electrons. The van der Waals surface area contributed by atoms with Crippen molar-refractivity contribution < 1.29 is 29.7 Å². The second-order valence-electron chi connectivity index (χ2n) is 8.37. The Morgan fingerprint density at radius 2 is 1.71 bits per heavy atom. The smallest absolute Gasteiger partial charge is 0.352 e. The largest absolute Gasteiger partial charge is 0.480 e. The number of imidazole rings is 1. The topological polar surface area (TPSA) is 211 Å². The first kappa shape index (κ1) is 27.8. The minimum absolute atomic E-state index is 0.0892. The Hall–Kier alpha value is -4.81. The molecule has 1 aliphatic rings. The number of aliphatic carboxylic acids is 2. The molecule has 0 aliphatic carbocycles. The van der Waals surface area contributed by atoms with E-state index in [-0.39, 0.29) is 17.7 Å². The van der Waals surface area contributed by atoms with Crippen molar-refractivity contribution in [3.63, 3.8) is 0 Å². The zero-order valence-electron chi connectivity index (χ0n) is 20.1. The van der Waals surface area contributed by atoms with Crippen LogP contribution < -0.4 is 16.6 Å². The lowest BCUT2D eigenvalue weighted by Crippen LogP contribution is -2.41. The van der Waals surface area contributed by atoms with Crippen LogP contribution in [0, 0.1) is 0 Å². The van der Waals surface area contributed by atoms with Crippen LogP contribution in [-0.4, -0.2) is 60.3 Å². The van der Waals surface area contributed by atoms with Crippen molar-refractivity contribution in [3.8, 4) is 0 Å². The number of carboxylic acid groups (broad SMARTS) is 3. The van der Waals surface area contributed by atoms with E-state index in [0.717, 1.165) is 11.3 Å². The molecular formula is C26H27N5O7. The molecule has 8 N–H and O–H groups in total. The van der Waals surface area contributed by atoms with E-state index >= 15 is 0 Å². The van der Waals surface area contributed by atoms with E-state index in [4.69, 9.17) is 21.1 Å². The van der Waals surface area contributed by atoms with Gasteiger partial charge in [0.05, 0.1) is 6.33 Å². The molecule has 3 heterocycles. The molecule has 0 saturated heterocycles. The SMILES string of the molecule is NC(Cc1cnc[nH]1)C(=O)O.O=C(O)C1Cc2ccccc2CN1.O=C(O)c1cc2ccccc2c(=O)[nH]1. The highest BCUT2D eigenvalue weighted by Crippen LogP contribution is 2.16. The number of H-pyrrole nitrogens is 2. The lowest BCUT2D eigenvalue weighted by atomic mass is 9.96. The number of aromatic nitrogens is 3. The minimum Gasteiger partial charge on any atom is -0.480 e. The molecule has 2 aromatic heterocycles. The summed E-state index contributed by atoms with van der Waals surface area (Å²) in [5.41, 5.74) is 7.89. The highest BCUT2D eigenvalue weighted by Gasteiger charge is 2.22. The number of pyridine rings is 1. The summed E-state index contributed by atoms with van der Waals surface area (Å²) in [4.78, 5) is 51.8. The van der Waals surface area contributed by atoms with Crippen LogP contribution >= 0.6 is 0 Å². The lowest BCUT2D eigenvalue weighted by molar-refractivity contribution is -0.140. The average molecular weight is 522 g/mol. The molecule has 5 rings (SSSR count). The maximum atomic E-state index is 11.4. The van der Waals surface area contributed by atoms with Crippen molar-refractivity contribution in [1.29, 1.82) is 0 Å². The van der Waals surface area contributed by atoms with Gasteiger partial charge in [0.2, 0.25) is 0 Å². The second kappa shape index (κ2) is 12.9. The maximum Gasteiger partial charge on any atom is 0.352 e. The molecule has 0 amide bonds. The molecule has 1 aliphatic heterocycles. The molecule has 38 heavy (non-hydrogen) atoms. The van der Waals surface area contributed by atoms with Gasteiger partial charge in [0.1, 0.15) is 17.8 Å². The zero-order valence-corrected chi connectivity index (χ0v) is 20.1. The van der Waals surface area contributed by atoms with Crippen molar-refractivity contribution in [2.24, 2.45) is 5.73 Å². The van der Waals surface area contributed by atoms with Crippen LogP contribution in [0.2, 0.25) is 0 Å². The van der Waals surface area contributed by atoms with Gasteiger partial charge in [0.25, 0.3) is 5.56 Å². The molecule has 0 saturated carbocycles. The highest BCUT2D eigenvalue weighted by atomic mass is 16.4. The van der Waals surface area contributed by atoms with E-state index in [1.807, 2.05) is 24.3 Å². The van der Waals surface area contributed by atoms with Gasteiger partial charge in [0.15, 0.2) is 0 Å². The van der Waals surface area contributed by atoms with E-state index in [2.05, 4.69) is 20.3 Å². The molecule has 0 bridgehead atoms. The quantitative estimate of drug-likeness (QED) is 0.200. The second-order valence-corrected chi connectivity index (χ2v) is 8.37. The molecule has 4 aromatic rings. The molecule has 0 fully saturated rings. The van der Waals surface area contributed by atoms with Crippen LogP contribution in [0.5, 0.6) is 0 Å². The Balaban J connectivity index is 0.000000159. The molecule has 0 spiro atoms. The molecule has 12 nitrogen and oxygen atoms in total. The van der Waals surface area contributed by atoms with E-state index in [0.29, 0.717) is 23.7 Å². The van der Waals surface area contributed by atoms with Gasteiger partial charge in [-0.25, -0.2) is 9.78 Å². The third-order valence-corrected chi connectivity index (χ3v) is 5.68. The number of rotatable bonds is 5. The van der Waals surface area contributed by atoms with Gasteiger partial charge in [-0.2, -0.15) is 0 Å². The number of aromatic carboxylic acids is 1. The number of fused-ring (bicyclic) bond motifs is 2. The number of carboxylic acids is 3. The summed E-state index contributed by atoms with van der Waals surface area (Å²) in [7, 11) is 0. The maximum absolute atomic E-state index is 11.4. The van der Waals surface area contributed by atoms with Crippen molar-refractivity contribution in [3.05, 3.63) is 100.0 Å². The molecular weight excluding hydrogens is 494 g/mol. The summed E-state index contributed by atoms with van der Waals surface area (Å²) in [5.74, 6) is -2.90. The van der Waals surface area contributed by atoms with Crippen molar-refractivity contribution in [1.82, 2.24) is 20.3 Å². The van der Waals surface area contributed by atoms with Gasteiger partial charge >= 0.3 is 17.9 Å². The Morgan fingerprint density at radius 1 is 1.03 bits per heavy atom. The molecule has 12 heteroatoms. The average Bonchev–Trinajstić information content (AvgIpc) is 3.42. The fraction of sp³-hybridized carbons (Fsp3) is 0.192. The van der Waals surface area contributed by atoms with Gasteiger partial charge in [-0.15, -0.1) is 0 Å². The fourth-order valence-electron chi connectivity index (χ4n) is 3.68. The van der Waals surface area contributed by atoms with Crippen molar-refractivity contribution in [2.45, 2.75) is 31.5 Å². The first-order valence-electron chi connectivity index (χ1n) is 11.5. The monoisotopic (exact) mass is 521 g/mol. The van der Waals surface area contributed by atoms with Crippen LogP contribution in [0.25, 0.3) is 10.8 Å². The molecule has 2 atom stereocenters. The van der Waals surface area contributed by atoms with Gasteiger partial charge in [-0.3, -0.25) is 14.4 Å². The number of benzene rings is 2. The first-order chi connectivity index (χ1) is 18.2. The highest BCUT2D eigenvalue weighted by molar-refractivity contribution is 5.91. The normalized spacial score (nSPS) is 14.6. The number of hydrogen-bond donors (Lipinski definition) is 7. The third kappa shape index (κ3) is 7.59. The minimum atomic E-state index is -1.13. The van der Waals surface area contributed by atoms with Crippen LogP contribution in [0.1, 0.15) is 27.3 Å². The number of hydrogen-bond acceptors (Lipinski definition) is 7. The predicted molar refractivity (Wildman–Crippen MR) is 138 cm³/mol. The predicted octanol–water partition coefficient (Wildman–Crippen LogP) is 1.38. The third-order valence-electron chi connectivity index (χ3n) is 5.68. The molecule has 2 unspecified atom stereocenters. The van der Waals surface area contributed by atoms with E-state index < -0.39 is 30.0 Å². The summed E-state index contributed by atoms with van der Waals surface area (Å²) in [6.45, 7) is 0.660. The molecule has 198 valence electrons. The van der Waals surface area contributed by atoms with Gasteiger partial charge in [0, 0.05) is 30.2 Å². The summed E-state index contributed by atoms with van der Waals surface area (Å²) in [6, 6.07) is 15.0. The summed E-state index contributed by atoms with van der Waals surface area (Å²) >= 11 is 0. The number of nitrogens with zero attached hydrogens (tertiary/aromatic N) is 1. The zero-order chi connectivity index (χ0) is 27.7. The fourth-order valence-corrected chi connectivity index (χ4v) is 3.68. The van der Waals surface area contributed by atoms with Gasteiger partial charge in [-0.05, 0) is 35.1 Å². The Labute approximate surface area is 216 Å². The Kier molecular flexibility index (Phi) is 9.46. The first-order valence-corrected chi connectivity index (χ1v) is 11.5. The Morgan fingerprint density at radius 3 is 2.34 bits per heavy atom. The van der Waals surface area contributed by atoms with Crippen molar-refractivity contribution >= 4 is 28.7 Å². The van der Waals surface area contributed by atoms with Crippen LogP contribution in [-0.2, 0) is 29.0 Å². The van der Waals surface area contributed by atoms with E-state index in [9.17, 15) is 19.2 Å². The number of nitrogens with one attached hydrogen (secondary N) is 3. The number of aromatic amines is 2. The van der Waals surface area contributed by atoms with Crippen LogP contribution in [0.15, 0.2) is 71.9 Å².